The van der Waals surface area contributed by atoms with Gasteiger partial charge in [0.1, 0.15) is 12.1 Å². The fourth-order valence-electron chi connectivity index (χ4n) is 5.34. The quantitative estimate of drug-likeness (QED) is 0.717. The van der Waals surface area contributed by atoms with Crippen molar-refractivity contribution >= 4 is 17.8 Å². The van der Waals surface area contributed by atoms with E-state index in [1.165, 1.54) is 0 Å². The first-order valence-corrected chi connectivity index (χ1v) is 10.1. The summed E-state index contributed by atoms with van der Waals surface area (Å²) < 4.78 is 0. The predicted molar refractivity (Wildman–Crippen MR) is 96.3 cm³/mol. The third-order valence-electron chi connectivity index (χ3n) is 7.17. The number of nitrogens with zero attached hydrogens (tertiary/aromatic N) is 2. The lowest BCUT2D eigenvalue weighted by atomic mass is 9.73. The molecule has 7 nitrogen and oxygen atoms in total. The molecule has 7 heteroatoms. The van der Waals surface area contributed by atoms with E-state index in [4.69, 9.17) is 0 Å². The van der Waals surface area contributed by atoms with E-state index < -0.39 is 11.6 Å². The minimum atomic E-state index is -0.781. The van der Waals surface area contributed by atoms with Gasteiger partial charge in [-0.25, -0.2) is 4.79 Å². The van der Waals surface area contributed by atoms with Crippen molar-refractivity contribution < 1.29 is 14.4 Å². The Morgan fingerprint density at radius 2 is 1.81 bits per heavy atom. The second-order valence-electron chi connectivity index (χ2n) is 8.58. The lowest BCUT2D eigenvalue weighted by Crippen LogP contribution is -2.54. The van der Waals surface area contributed by atoms with Crippen LogP contribution in [0.15, 0.2) is 0 Å². The second kappa shape index (κ2) is 6.83. The molecule has 2 unspecified atom stereocenters. The average molecular weight is 362 g/mol. The lowest BCUT2D eigenvalue weighted by molar-refractivity contribution is -0.140. The van der Waals surface area contributed by atoms with Gasteiger partial charge in [-0.1, -0.05) is 19.8 Å². The molecule has 0 aromatic carbocycles. The summed E-state index contributed by atoms with van der Waals surface area (Å²) in [5.41, 5.74) is -0.781. The van der Waals surface area contributed by atoms with E-state index in [2.05, 4.69) is 10.6 Å². The Morgan fingerprint density at radius 1 is 1.12 bits per heavy atom. The van der Waals surface area contributed by atoms with Gasteiger partial charge in [0, 0.05) is 13.1 Å². The second-order valence-corrected chi connectivity index (χ2v) is 8.58. The molecule has 4 rings (SSSR count). The molecule has 1 spiro atoms. The molecule has 0 aromatic heterocycles. The van der Waals surface area contributed by atoms with Crippen molar-refractivity contribution in [2.24, 2.45) is 17.8 Å². The normalized spacial score (nSPS) is 37.7. The largest absolute Gasteiger partial charge is 0.341 e. The Labute approximate surface area is 154 Å². The third-order valence-corrected chi connectivity index (χ3v) is 7.17. The van der Waals surface area contributed by atoms with Crippen LogP contribution in [0.4, 0.5) is 4.79 Å². The molecule has 0 aromatic rings. The van der Waals surface area contributed by atoms with Crippen LogP contribution in [-0.2, 0) is 9.59 Å². The summed E-state index contributed by atoms with van der Waals surface area (Å²) in [5, 5.41) is 6.36. The van der Waals surface area contributed by atoms with Crippen LogP contribution in [0.3, 0.4) is 0 Å². The van der Waals surface area contributed by atoms with E-state index in [-0.39, 0.29) is 24.3 Å². The Kier molecular flexibility index (Phi) is 4.67. The van der Waals surface area contributed by atoms with Crippen LogP contribution in [0.2, 0.25) is 0 Å². The fraction of sp³-hybridized carbons (Fsp3) is 0.842. The summed E-state index contributed by atoms with van der Waals surface area (Å²) in [4.78, 5) is 41.3. The smallest absolute Gasteiger partial charge is 0.325 e. The number of rotatable bonds is 2. The monoisotopic (exact) mass is 362 g/mol. The highest BCUT2D eigenvalue weighted by atomic mass is 16.2. The molecule has 4 amide bonds. The van der Waals surface area contributed by atoms with Crippen molar-refractivity contribution in [3.63, 3.8) is 0 Å². The van der Waals surface area contributed by atoms with Gasteiger partial charge >= 0.3 is 6.03 Å². The van der Waals surface area contributed by atoms with Crippen LogP contribution >= 0.6 is 0 Å². The van der Waals surface area contributed by atoms with Crippen LogP contribution < -0.4 is 10.6 Å². The van der Waals surface area contributed by atoms with Crippen LogP contribution in [0.1, 0.15) is 45.4 Å². The summed E-state index contributed by atoms with van der Waals surface area (Å²) in [7, 11) is 0. The molecule has 4 aliphatic rings. The van der Waals surface area contributed by atoms with E-state index in [1.54, 1.807) is 0 Å². The maximum absolute atomic E-state index is 13.0. The van der Waals surface area contributed by atoms with Crippen LogP contribution in [0, 0.1) is 17.8 Å². The molecule has 4 fully saturated rings. The average Bonchev–Trinajstić information content (AvgIpc) is 3.09. The molecular weight excluding hydrogens is 332 g/mol. The minimum absolute atomic E-state index is 0.0954. The number of hydrogen-bond donors (Lipinski definition) is 2. The van der Waals surface area contributed by atoms with Gasteiger partial charge in [0.15, 0.2) is 0 Å². The number of nitrogens with one attached hydrogen (secondary N) is 2. The maximum Gasteiger partial charge on any atom is 0.325 e. The number of hydrogen-bond acceptors (Lipinski definition) is 4. The third kappa shape index (κ3) is 2.90. The zero-order chi connectivity index (χ0) is 18.3. The van der Waals surface area contributed by atoms with Gasteiger partial charge in [0.25, 0.3) is 5.91 Å². The van der Waals surface area contributed by atoms with Crippen molar-refractivity contribution in [1.29, 1.82) is 0 Å². The Morgan fingerprint density at radius 3 is 2.46 bits per heavy atom. The Bertz CT molecular complexity index is 596. The minimum Gasteiger partial charge on any atom is -0.341 e. The van der Waals surface area contributed by atoms with Gasteiger partial charge in [-0.15, -0.1) is 0 Å². The number of carbonyl (C=O) groups is 3. The van der Waals surface area contributed by atoms with Gasteiger partial charge in [0.05, 0.1) is 0 Å². The standard InChI is InChI=1S/C19H30N4O3/c1-13-4-2-3-7-19(13)17(25)23(18(26)21-19)12-16(24)22-8-5-14-10-20-11-15(14)6-9-22/h13-15,20H,2-12H2,1H3,(H,21,26)/t13?,14-,15+,19?. The lowest BCUT2D eigenvalue weighted by Gasteiger charge is -2.36. The van der Waals surface area contributed by atoms with Crippen LogP contribution in [0.5, 0.6) is 0 Å². The highest BCUT2D eigenvalue weighted by molar-refractivity contribution is 6.09. The zero-order valence-electron chi connectivity index (χ0n) is 15.6. The number of imide groups is 1. The molecule has 3 aliphatic heterocycles. The molecule has 0 bridgehead atoms. The summed E-state index contributed by atoms with van der Waals surface area (Å²) in [6.45, 7) is 5.46. The van der Waals surface area contributed by atoms with E-state index in [9.17, 15) is 14.4 Å². The number of likely N-dealkylation sites (tertiary alicyclic amines) is 1. The van der Waals surface area contributed by atoms with Crippen molar-refractivity contribution in [2.45, 2.75) is 51.0 Å². The zero-order valence-corrected chi connectivity index (χ0v) is 15.6. The van der Waals surface area contributed by atoms with Gasteiger partial charge < -0.3 is 15.5 Å². The maximum atomic E-state index is 13.0. The SMILES string of the molecule is CC1CCCCC12NC(=O)N(CC(=O)N1CC[C@@H]3CNC[C@@H]3CC1)C2=O. The van der Waals surface area contributed by atoms with Crippen molar-refractivity contribution in [1.82, 2.24) is 20.4 Å². The molecule has 4 atom stereocenters. The van der Waals surface area contributed by atoms with E-state index in [0.29, 0.717) is 18.3 Å². The van der Waals surface area contributed by atoms with Gasteiger partial charge in [-0.05, 0) is 56.5 Å². The molecular formula is C19H30N4O3. The number of amides is 4. The van der Waals surface area contributed by atoms with Crippen molar-refractivity contribution in [3.8, 4) is 0 Å². The highest BCUT2D eigenvalue weighted by Crippen LogP contribution is 2.38. The molecule has 144 valence electrons. The molecule has 26 heavy (non-hydrogen) atoms. The summed E-state index contributed by atoms with van der Waals surface area (Å²) in [6.07, 6.45) is 5.67. The van der Waals surface area contributed by atoms with Crippen molar-refractivity contribution in [3.05, 3.63) is 0 Å². The van der Waals surface area contributed by atoms with Crippen LogP contribution in [0.25, 0.3) is 0 Å². The first-order valence-electron chi connectivity index (χ1n) is 10.1. The van der Waals surface area contributed by atoms with Gasteiger partial charge in [0.2, 0.25) is 5.91 Å². The molecule has 1 saturated carbocycles. The van der Waals surface area contributed by atoms with E-state index >= 15 is 0 Å². The number of fused-ring (bicyclic) bond motifs is 1. The van der Waals surface area contributed by atoms with E-state index in [0.717, 1.165) is 63.2 Å². The molecule has 1 aliphatic carbocycles. The number of urea groups is 1. The summed E-state index contributed by atoms with van der Waals surface area (Å²) in [5.74, 6) is 1.13. The Balaban J connectivity index is 1.41. The van der Waals surface area contributed by atoms with Crippen LogP contribution in [-0.4, -0.2) is 65.9 Å². The summed E-state index contributed by atoms with van der Waals surface area (Å²) in [6, 6.07) is -0.395. The highest BCUT2D eigenvalue weighted by Gasteiger charge is 2.55. The molecule has 3 heterocycles. The van der Waals surface area contributed by atoms with Gasteiger partial charge in [-0.3, -0.25) is 14.5 Å². The summed E-state index contributed by atoms with van der Waals surface area (Å²) >= 11 is 0. The predicted octanol–water partition coefficient (Wildman–Crippen LogP) is 0.945. The molecule has 0 radical (unpaired) electrons. The molecule has 2 N–H and O–H groups in total. The first-order chi connectivity index (χ1) is 12.5. The number of carbonyl (C=O) groups excluding carboxylic acids is 3. The van der Waals surface area contributed by atoms with E-state index in [1.807, 2.05) is 11.8 Å². The topological polar surface area (TPSA) is 81.8 Å². The van der Waals surface area contributed by atoms with Crippen molar-refractivity contribution in [2.75, 3.05) is 32.7 Å². The van der Waals surface area contributed by atoms with Gasteiger partial charge in [-0.2, -0.15) is 0 Å². The first kappa shape index (κ1) is 17.8. The molecule has 3 saturated heterocycles. The fourth-order valence-corrected chi connectivity index (χ4v) is 5.34. The Hall–Kier alpha value is -1.63.